The molecule has 1 saturated carbocycles. The van der Waals surface area contributed by atoms with Crippen molar-refractivity contribution in [2.75, 3.05) is 0 Å². The van der Waals surface area contributed by atoms with Gasteiger partial charge in [-0.05, 0) is 49.4 Å². The van der Waals surface area contributed by atoms with Crippen molar-refractivity contribution in [1.29, 1.82) is 0 Å². The Bertz CT molecular complexity index is 881. The molecule has 0 spiro atoms. The third kappa shape index (κ3) is 3.46. The molecule has 1 N–H and O–H groups in total. The summed E-state index contributed by atoms with van der Waals surface area (Å²) in [5, 5.41) is 18.7. The molecule has 4 rings (SSSR count). The van der Waals surface area contributed by atoms with Crippen molar-refractivity contribution in [2.45, 2.75) is 39.0 Å². The number of benzene rings is 1. The van der Waals surface area contributed by atoms with Crippen molar-refractivity contribution >= 4 is 0 Å². The van der Waals surface area contributed by atoms with Gasteiger partial charge in [-0.3, -0.25) is 4.68 Å². The van der Waals surface area contributed by atoms with Crippen molar-refractivity contribution in [3.63, 3.8) is 0 Å². The topological polar surface area (TPSA) is 68.8 Å². The number of rotatable bonds is 6. The lowest BCUT2D eigenvalue weighted by atomic mass is 10.0. The maximum atomic E-state index is 13.5. The van der Waals surface area contributed by atoms with Crippen LogP contribution in [0.5, 0.6) is 0 Å². The second kappa shape index (κ2) is 6.40. The Kier molecular flexibility index (Phi) is 4.09. The SMILES string of the molecule is C[C@@H](O)c1cc(F)ccc1-c1ncnn1Cc1cnn(CC2CC2)c1. The molecule has 0 radical (unpaired) electrons. The smallest absolute Gasteiger partial charge is 0.158 e. The second-order valence-corrected chi connectivity index (χ2v) is 6.66. The van der Waals surface area contributed by atoms with Gasteiger partial charge in [0.2, 0.25) is 0 Å². The Morgan fingerprint density at radius 1 is 1.32 bits per heavy atom. The lowest BCUT2D eigenvalue weighted by molar-refractivity contribution is 0.199. The van der Waals surface area contributed by atoms with Gasteiger partial charge in [-0.2, -0.15) is 10.2 Å². The van der Waals surface area contributed by atoms with Gasteiger partial charge in [0.15, 0.2) is 5.82 Å². The third-order valence-corrected chi connectivity index (χ3v) is 4.48. The van der Waals surface area contributed by atoms with E-state index < -0.39 is 6.10 Å². The number of aliphatic hydroxyl groups excluding tert-OH is 1. The summed E-state index contributed by atoms with van der Waals surface area (Å²) in [6, 6.07) is 4.34. The molecule has 6 nitrogen and oxygen atoms in total. The summed E-state index contributed by atoms with van der Waals surface area (Å²) in [5.74, 6) is 0.986. The van der Waals surface area contributed by atoms with E-state index in [9.17, 15) is 9.50 Å². The highest BCUT2D eigenvalue weighted by Crippen LogP contribution is 2.30. The molecule has 1 aromatic carbocycles. The number of hydrogen-bond acceptors (Lipinski definition) is 4. The zero-order chi connectivity index (χ0) is 17.4. The first-order valence-electron chi connectivity index (χ1n) is 8.47. The van der Waals surface area contributed by atoms with Crippen molar-refractivity contribution in [2.24, 2.45) is 5.92 Å². The molecule has 0 bridgehead atoms. The molecule has 7 heteroatoms. The molecule has 0 saturated heterocycles. The minimum absolute atomic E-state index is 0.382. The van der Waals surface area contributed by atoms with Gasteiger partial charge in [0.1, 0.15) is 12.1 Å². The summed E-state index contributed by atoms with van der Waals surface area (Å²) in [5.41, 5.74) is 2.21. The first kappa shape index (κ1) is 16.0. The van der Waals surface area contributed by atoms with Crippen LogP contribution in [0.25, 0.3) is 11.4 Å². The Balaban J connectivity index is 1.61. The maximum Gasteiger partial charge on any atom is 0.158 e. The summed E-state index contributed by atoms with van der Waals surface area (Å²) in [4.78, 5) is 4.31. The fourth-order valence-corrected chi connectivity index (χ4v) is 3.00. The van der Waals surface area contributed by atoms with E-state index in [1.807, 2.05) is 17.1 Å². The second-order valence-electron chi connectivity index (χ2n) is 6.66. The molecule has 2 heterocycles. The Hall–Kier alpha value is -2.54. The van der Waals surface area contributed by atoms with E-state index in [2.05, 4.69) is 15.2 Å². The molecule has 25 heavy (non-hydrogen) atoms. The molecule has 2 aromatic heterocycles. The van der Waals surface area contributed by atoms with Gasteiger partial charge in [-0.25, -0.2) is 14.1 Å². The largest absolute Gasteiger partial charge is 0.389 e. The van der Waals surface area contributed by atoms with Crippen LogP contribution in [-0.4, -0.2) is 29.7 Å². The van der Waals surface area contributed by atoms with Gasteiger partial charge in [-0.1, -0.05) is 0 Å². The lowest BCUT2D eigenvalue weighted by Crippen LogP contribution is -2.06. The highest BCUT2D eigenvalue weighted by atomic mass is 19.1. The number of aliphatic hydroxyl groups is 1. The van der Waals surface area contributed by atoms with E-state index in [4.69, 9.17) is 0 Å². The molecule has 0 unspecified atom stereocenters. The van der Waals surface area contributed by atoms with E-state index in [1.165, 1.54) is 31.3 Å². The van der Waals surface area contributed by atoms with Gasteiger partial charge < -0.3 is 5.11 Å². The molecule has 1 fully saturated rings. The Morgan fingerprint density at radius 2 is 2.16 bits per heavy atom. The summed E-state index contributed by atoms with van der Waals surface area (Å²) >= 11 is 0. The van der Waals surface area contributed by atoms with Crippen LogP contribution in [0.3, 0.4) is 0 Å². The summed E-state index contributed by atoms with van der Waals surface area (Å²) < 4.78 is 17.3. The van der Waals surface area contributed by atoms with Gasteiger partial charge >= 0.3 is 0 Å². The van der Waals surface area contributed by atoms with Crippen molar-refractivity contribution in [3.8, 4) is 11.4 Å². The van der Waals surface area contributed by atoms with E-state index in [0.29, 0.717) is 23.5 Å². The van der Waals surface area contributed by atoms with Crippen molar-refractivity contribution < 1.29 is 9.50 Å². The minimum Gasteiger partial charge on any atom is -0.389 e. The predicted octanol–water partition coefficient (Wildman–Crippen LogP) is 2.79. The number of aromatic nitrogens is 5. The van der Waals surface area contributed by atoms with Crippen molar-refractivity contribution in [1.82, 2.24) is 24.5 Å². The van der Waals surface area contributed by atoms with Gasteiger partial charge in [-0.15, -0.1) is 0 Å². The van der Waals surface area contributed by atoms with Crippen molar-refractivity contribution in [3.05, 3.63) is 53.9 Å². The van der Waals surface area contributed by atoms with Crippen LogP contribution in [0, 0.1) is 11.7 Å². The van der Waals surface area contributed by atoms with Gasteiger partial charge in [0.25, 0.3) is 0 Å². The van der Waals surface area contributed by atoms with Crippen LogP contribution in [0.2, 0.25) is 0 Å². The monoisotopic (exact) mass is 341 g/mol. The summed E-state index contributed by atoms with van der Waals surface area (Å²) in [6.07, 6.45) is 7.12. The number of halogens is 1. The first-order valence-corrected chi connectivity index (χ1v) is 8.47. The number of hydrogen-bond donors (Lipinski definition) is 1. The van der Waals surface area contributed by atoms with Crippen LogP contribution in [0.1, 0.15) is 37.0 Å². The van der Waals surface area contributed by atoms with E-state index in [-0.39, 0.29) is 5.82 Å². The molecule has 130 valence electrons. The fraction of sp³-hybridized carbons (Fsp3) is 0.389. The lowest BCUT2D eigenvalue weighted by Gasteiger charge is -2.12. The average Bonchev–Trinajstić information content (AvgIpc) is 3.09. The minimum atomic E-state index is -0.794. The van der Waals surface area contributed by atoms with Crippen LogP contribution in [-0.2, 0) is 13.1 Å². The molecular formula is C18H20FN5O. The Labute approximate surface area is 144 Å². The highest BCUT2D eigenvalue weighted by Gasteiger charge is 2.22. The molecular weight excluding hydrogens is 321 g/mol. The summed E-state index contributed by atoms with van der Waals surface area (Å²) in [7, 11) is 0. The molecule has 1 aliphatic carbocycles. The van der Waals surface area contributed by atoms with Crippen LogP contribution >= 0.6 is 0 Å². The van der Waals surface area contributed by atoms with E-state index in [0.717, 1.165) is 18.0 Å². The number of nitrogens with zero attached hydrogens (tertiary/aromatic N) is 5. The molecule has 3 aromatic rings. The molecule has 0 amide bonds. The Morgan fingerprint density at radius 3 is 2.92 bits per heavy atom. The highest BCUT2D eigenvalue weighted by molar-refractivity contribution is 5.61. The third-order valence-electron chi connectivity index (χ3n) is 4.48. The predicted molar refractivity (Wildman–Crippen MR) is 90.1 cm³/mol. The zero-order valence-corrected chi connectivity index (χ0v) is 14.0. The fourth-order valence-electron chi connectivity index (χ4n) is 3.00. The van der Waals surface area contributed by atoms with Gasteiger partial charge in [0, 0.05) is 23.9 Å². The zero-order valence-electron chi connectivity index (χ0n) is 14.0. The van der Waals surface area contributed by atoms with E-state index in [1.54, 1.807) is 17.7 Å². The van der Waals surface area contributed by atoms with Crippen LogP contribution in [0.4, 0.5) is 4.39 Å². The maximum absolute atomic E-state index is 13.5. The normalized spacial score (nSPS) is 15.5. The first-order chi connectivity index (χ1) is 12.1. The van der Waals surface area contributed by atoms with Crippen LogP contribution in [0.15, 0.2) is 36.9 Å². The molecule has 0 aliphatic heterocycles. The summed E-state index contributed by atoms with van der Waals surface area (Å²) in [6.45, 7) is 3.10. The van der Waals surface area contributed by atoms with Crippen LogP contribution < -0.4 is 0 Å². The average molecular weight is 341 g/mol. The van der Waals surface area contributed by atoms with E-state index >= 15 is 0 Å². The van der Waals surface area contributed by atoms with Gasteiger partial charge in [0.05, 0.1) is 18.8 Å². The quantitative estimate of drug-likeness (QED) is 0.748. The standard InChI is InChI=1S/C18H20FN5O/c1-12(25)17-6-15(19)4-5-16(17)18-20-11-22-24(18)10-14-7-21-23(9-14)8-13-2-3-13/h4-7,9,11-13,25H,2-3,8,10H2,1H3/t12-/m1/s1. The molecule has 1 atom stereocenters. The molecule has 1 aliphatic rings.